The van der Waals surface area contributed by atoms with E-state index in [1.807, 2.05) is 36.6 Å². The number of aliphatic hydroxyl groups excluding tert-OH is 1. The summed E-state index contributed by atoms with van der Waals surface area (Å²) in [6.45, 7) is 8.21. The highest BCUT2D eigenvalue weighted by atomic mass is 16.5. The fourth-order valence-corrected chi connectivity index (χ4v) is 3.27. The number of pyridine rings is 1. The topological polar surface area (TPSA) is 104 Å². The highest BCUT2D eigenvalue weighted by Gasteiger charge is 2.14. The molecule has 8 nitrogen and oxygen atoms in total. The van der Waals surface area contributed by atoms with E-state index in [0.29, 0.717) is 12.2 Å². The second-order valence-corrected chi connectivity index (χ2v) is 7.15. The van der Waals surface area contributed by atoms with Gasteiger partial charge in [0.2, 0.25) is 5.95 Å². The number of nitrogens with zero attached hydrogens (tertiary/aromatic N) is 3. The summed E-state index contributed by atoms with van der Waals surface area (Å²) in [5.41, 5.74) is 3.98. The first-order valence-electron chi connectivity index (χ1n) is 10.4. The number of anilines is 1. The number of aryl methyl sites for hydroxylation is 1. The second-order valence-electron chi connectivity index (χ2n) is 7.15. The van der Waals surface area contributed by atoms with Crippen LogP contribution in [0.25, 0.3) is 11.0 Å². The summed E-state index contributed by atoms with van der Waals surface area (Å²) in [5.74, 6) is 0.885. The number of aromatic nitrogens is 3. The minimum absolute atomic E-state index is 0.0286. The molecule has 3 aromatic rings. The lowest BCUT2D eigenvalue weighted by atomic mass is 10.2. The van der Waals surface area contributed by atoms with E-state index in [2.05, 4.69) is 15.6 Å². The first kappa shape index (κ1) is 22.0. The molecule has 0 atom stereocenters. The maximum Gasteiger partial charge on any atom is 0.204 e. The SMILES string of the molecule is CCOCCNCCCNc1nc2cc(CO)ccc2n1Cc1nc(C)ccc1O. The van der Waals surface area contributed by atoms with Crippen molar-refractivity contribution in [2.75, 3.05) is 38.2 Å². The highest BCUT2D eigenvalue weighted by molar-refractivity contribution is 5.79. The Bertz CT molecular complexity index is 957. The van der Waals surface area contributed by atoms with E-state index in [0.717, 1.165) is 67.5 Å². The van der Waals surface area contributed by atoms with Crippen molar-refractivity contribution in [3.8, 4) is 5.75 Å². The zero-order valence-corrected chi connectivity index (χ0v) is 17.7. The van der Waals surface area contributed by atoms with Gasteiger partial charge in [0, 0.05) is 25.4 Å². The van der Waals surface area contributed by atoms with Gasteiger partial charge in [-0.25, -0.2) is 4.98 Å². The van der Waals surface area contributed by atoms with Gasteiger partial charge in [-0.1, -0.05) is 6.07 Å². The number of benzene rings is 1. The molecule has 0 spiro atoms. The number of aromatic hydroxyl groups is 1. The molecular weight excluding hydrogens is 382 g/mol. The van der Waals surface area contributed by atoms with Crippen molar-refractivity contribution in [3.63, 3.8) is 0 Å². The fraction of sp³-hybridized carbons (Fsp3) is 0.455. The van der Waals surface area contributed by atoms with Crippen LogP contribution in [0.4, 0.5) is 5.95 Å². The van der Waals surface area contributed by atoms with Gasteiger partial charge in [-0.2, -0.15) is 0 Å². The maximum absolute atomic E-state index is 10.2. The quantitative estimate of drug-likeness (QED) is 0.338. The maximum atomic E-state index is 10.2. The van der Waals surface area contributed by atoms with Crippen molar-refractivity contribution < 1.29 is 14.9 Å². The van der Waals surface area contributed by atoms with Gasteiger partial charge in [0.25, 0.3) is 0 Å². The average molecular weight is 414 g/mol. The van der Waals surface area contributed by atoms with Crippen molar-refractivity contribution in [2.24, 2.45) is 0 Å². The van der Waals surface area contributed by atoms with Crippen LogP contribution < -0.4 is 10.6 Å². The number of hydrogen-bond donors (Lipinski definition) is 4. The molecule has 8 heteroatoms. The Labute approximate surface area is 176 Å². The number of ether oxygens (including phenoxy) is 1. The number of fused-ring (bicyclic) bond motifs is 1. The van der Waals surface area contributed by atoms with E-state index < -0.39 is 0 Å². The molecule has 0 saturated carbocycles. The molecule has 3 rings (SSSR count). The minimum Gasteiger partial charge on any atom is -0.506 e. The third-order valence-corrected chi connectivity index (χ3v) is 4.83. The van der Waals surface area contributed by atoms with Crippen molar-refractivity contribution in [1.82, 2.24) is 19.9 Å². The lowest BCUT2D eigenvalue weighted by Gasteiger charge is -2.12. The van der Waals surface area contributed by atoms with Crippen LogP contribution in [0.15, 0.2) is 30.3 Å². The Morgan fingerprint density at radius 2 is 1.97 bits per heavy atom. The van der Waals surface area contributed by atoms with Gasteiger partial charge in [-0.15, -0.1) is 0 Å². The minimum atomic E-state index is -0.0286. The van der Waals surface area contributed by atoms with E-state index in [1.165, 1.54) is 0 Å². The molecule has 0 bridgehead atoms. The summed E-state index contributed by atoms with van der Waals surface area (Å²) in [4.78, 5) is 9.21. The third-order valence-electron chi connectivity index (χ3n) is 4.83. The van der Waals surface area contributed by atoms with E-state index in [-0.39, 0.29) is 12.4 Å². The Hall–Kier alpha value is -2.68. The van der Waals surface area contributed by atoms with Crippen molar-refractivity contribution in [2.45, 2.75) is 33.4 Å². The predicted octanol–water partition coefficient (Wildman–Crippen LogP) is 2.41. The van der Waals surface area contributed by atoms with Gasteiger partial charge in [0.05, 0.1) is 30.8 Å². The Kier molecular flexibility index (Phi) is 8.01. The smallest absolute Gasteiger partial charge is 0.204 e. The van der Waals surface area contributed by atoms with Gasteiger partial charge in [-0.3, -0.25) is 4.98 Å². The van der Waals surface area contributed by atoms with Crippen LogP contribution in [0, 0.1) is 6.92 Å². The summed E-state index contributed by atoms with van der Waals surface area (Å²) in [6.07, 6.45) is 0.936. The molecule has 0 aliphatic rings. The second kappa shape index (κ2) is 10.9. The molecular formula is C22H31N5O3. The van der Waals surface area contributed by atoms with Gasteiger partial charge >= 0.3 is 0 Å². The van der Waals surface area contributed by atoms with E-state index >= 15 is 0 Å². The normalized spacial score (nSPS) is 11.3. The number of nitrogens with one attached hydrogen (secondary N) is 2. The summed E-state index contributed by atoms with van der Waals surface area (Å²) in [7, 11) is 0. The average Bonchev–Trinajstić information content (AvgIpc) is 3.09. The molecule has 162 valence electrons. The monoisotopic (exact) mass is 413 g/mol. The summed E-state index contributed by atoms with van der Waals surface area (Å²) >= 11 is 0. The number of aliphatic hydroxyl groups is 1. The van der Waals surface area contributed by atoms with Gasteiger partial charge in [-0.05, 0) is 56.6 Å². The summed E-state index contributed by atoms with van der Waals surface area (Å²) < 4.78 is 7.33. The van der Waals surface area contributed by atoms with Crippen LogP contribution in [-0.2, 0) is 17.9 Å². The van der Waals surface area contributed by atoms with Crippen LogP contribution in [0.1, 0.15) is 30.3 Å². The lowest BCUT2D eigenvalue weighted by Crippen LogP contribution is -2.23. The molecule has 0 aliphatic heterocycles. The van der Waals surface area contributed by atoms with Gasteiger partial charge in [0.1, 0.15) is 11.4 Å². The molecule has 0 fully saturated rings. The van der Waals surface area contributed by atoms with Crippen molar-refractivity contribution in [1.29, 1.82) is 0 Å². The molecule has 0 saturated heterocycles. The van der Waals surface area contributed by atoms with E-state index in [9.17, 15) is 10.2 Å². The molecule has 30 heavy (non-hydrogen) atoms. The van der Waals surface area contributed by atoms with Gasteiger partial charge < -0.3 is 30.2 Å². The first-order valence-corrected chi connectivity index (χ1v) is 10.4. The van der Waals surface area contributed by atoms with Gasteiger partial charge in [0.15, 0.2) is 0 Å². The lowest BCUT2D eigenvalue weighted by molar-refractivity contribution is 0.149. The summed E-state index contributed by atoms with van der Waals surface area (Å²) in [5, 5.41) is 26.4. The molecule has 0 amide bonds. The highest BCUT2D eigenvalue weighted by Crippen LogP contribution is 2.25. The van der Waals surface area contributed by atoms with Crippen LogP contribution in [0.2, 0.25) is 0 Å². The zero-order valence-electron chi connectivity index (χ0n) is 17.7. The Morgan fingerprint density at radius 1 is 1.10 bits per heavy atom. The Balaban J connectivity index is 1.73. The molecule has 2 heterocycles. The molecule has 4 N–H and O–H groups in total. The van der Waals surface area contributed by atoms with Crippen LogP contribution in [0.5, 0.6) is 5.75 Å². The summed E-state index contributed by atoms with van der Waals surface area (Å²) in [6, 6.07) is 9.17. The number of hydrogen-bond acceptors (Lipinski definition) is 7. The zero-order chi connectivity index (χ0) is 21.3. The first-order chi connectivity index (χ1) is 14.6. The third kappa shape index (κ3) is 5.69. The van der Waals surface area contributed by atoms with Crippen LogP contribution in [0.3, 0.4) is 0 Å². The largest absolute Gasteiger partial charge is 0.506 e. The molecule has 0 aliphatic carbocycles. The van der Waals surface area contributed by atoms with Crippen LogP contribution >= 0.6 is 0 Å². The van der Waals surface area contributed by atoms with Crippen molar-refractivity contribution in [3.05, 3.63) is 47.3 Å². The predicted molar refractivity (Wildman–Crippen MR) is 118 cm³/mol. The molecule has 1 aromatic carbocycles. The molecule has 0 unspecified atom stereocenters. The Morgan fingerprint density at radius 3 is 2.77 bits per heavy atom. The molecule has 0 radical (unpaired) electrons. The van der Waals surface area contributed by atoms with E-state index in [1.54, 1.807) is 12.1 Å². The number of imidazole rings is 1. The standard InChI is InChI=1S/C22H31N5O3/c1-3-30-12-11-23-9-4-10-24-22-26-18-13-17(15-28)6-7-20(18)27(22)14-19-21(29)8-5-16(2)25-19/h5-8,13,23,28-29H,3-4,9-12,14-15H2,1-2H3,(H,24,26). The van der Waals surface area contributed by atoms with E-state index in [4.69, 9.17) is 9.72 Å². The number of rotatable bonds is 12. The van der Waals surface area contributed by atoms with Crippen LogP contribution in [-0.4, -0.2) is 57.6 Å². The van der Waals surface area contributed by atoms with Crippen molar-refractivity contribution >= 4 is 17.0 Å². The molecule has 2 aromatic heterocycles. The fourth-order valence-electron chi connectivity index (χ4n) is 3.27.